The van der Waals surface area contributed by atoms with Crippen molar-refractivity contribution in [1.29, 1.82) is 0 Å². The van der Waals surface area contributed by atoms with E-state index in [1.807, 2.05) is 13.0 Å². The first-order valence-corrected chi connectivity index (χ1v) is 4.91. The Hall–Kier alpha value is -2.10. The van der Waals surface area contributed by atoms with Gasteiger partial charge in [0.25, 0.3) is 0 Å². The number of hydrogen-bond acceptors (Lipinski definition) is 3. The summed E-state index contributed by atoms with van der Waals surface area (Å²) in [5, 5.41) is 0. The third kappa shape index (κ3) is 1.82. The molecule has 0 aliphatic heterocycles. The Morgan fingerprint density at radius 1 is 1.44 bits per heavy atom. The van der Waals surface area contributed by atoms with Crippen LogP contribution in [-0.4, -0.2) is 22.9 Å². The highest BCUT2D eigenvalue weighted by Gasteiger charge is 2.16. The second-order valence-electron chi connectivity index (χ2n) is 3.47. The lowest BCUT2D eigenvalue weighted by Crippen LogP contribution is -2.06. The van der Waals surface area contributed by atoms with Crippen LogP contribution in [0, 0.1) is 6.92 Å². The van der Waals surface area contributed by atoms with Crippen LogP contribution in [0.25, 0.3) is 0 Å². The second-order valence-corrected chi connectivity index (χ2v) is 3.47. The number of nitrogens with one attached hydrogen (secondary N) is 1. The van der Waals surface area contributed by atoms with E-state index in [0.717, 1.165) is 5.56 Å². The lowest BCUT2D eigenvalue weighted by Gasteiger charge is -2.06. The largest absolute Gasteiger partial charge is 0.496 e. The van der Waals surface area contributed by atoms with E-state index in [1.165, 1.54) is 0 Å². The van der Waals surface area contributed by atoms with Crippen molar-refractivity contribution in [2.45, 2.75) is 6.92 Å². The molecule has 0 spiro atoms. The first-order valence-electron chi connectivity index (χ1n) is 4.91. The highest BCUT2D eigenvalue weighted by molar-refractivity contribution is 6.08. The highest BCUT2D eigenvalue weighted by atomic mass is 16.5. The maximum absolute atomic E-state index is 12.1. The Balaban J connectivity index is 2.47. The number of nitrogens with zero attached hydrogens (tertiary/aromatic N) is 1. The summed E-state index contributed by atoms with van der Waals surface area (Å²) in [6, 6.07) is 5.48. The number of hydrogen-bond donors (Lipinski definition) is 1. The molecule has 2 rings (SSSR count). The van der Waals surface area contributed by atoms with Gasteiger partial charge in [0.05, 0.1) is 12.7 Å². The summed E-state index contributed by atoms with van der Waals surface area (Å²) in [6.07, 6.45) is 3.17. The van der Waals surface area contributed by atoms with Crippen LogP contribution >= 0.6 is 0 Å². The van der Waals surface area contributed by atoms with Crippen LogP contribution in [0.15, 0.2) is 30.6 Å². The molecular formula is C12H12N2O2. The van der Waals surface area contributed by atoms with Crippen LogP contribution < -0.4 is 4.74 Å². The first kappa shape index (κ1) is 10.4. The molecule has 0 unspecified atom stereocenters. The summed E-state index contributed by atoms with van der Waals surface area (Å²) < 4.78 is 5.16. The predicted molar refractivity (Wildman–Crippen MR) is 59.8 cm³/mol. The Morgan fingerprint density at radius 3 is 2.88 bits per heavy atom. The van der Waals surface area contributed by atoms with E-state index in [9.17, 15) is 4.79 Å². The van der Waals surface area contributed by atoms with E-state index < -0.39 is 0 Å². The zero-order valence-corrected chi connectivity index (χ0v) is 9.15. The molecule has 1 N–H and O–H groups in total. The van der Waals surface area contributed by atoms with Gasteiger partial charge in [-0.05, 0) is 19.1 Å². The van der Waals surface area contributed by atoms with Crippen LogP contribution in [0.4, 0.5) is 0 Å². The Labute approximate surface area is 93.3 Å². The van der Waals surface area contributed by atoms with Gasteiger partial charge in [-0.3, -0.25) is 4.79 Å². The van der Waals surface area contributed by atoms with Crippen molar-refractivity contribution in [3.05, 3.63) is 47.5 Å². The molecule has 0 fully saturated rings. The van der Waals surface area contributed by atoms with Crippen molar-refractivity contribution >= 4 is 5.78 Å². The fraction of sp³-hybridized carbons (Fsp3) is 0.167. The molecule has 0 aliphatic carbocycles. The Bertz CT molecular complexity index is 504. The predicted octanol–water partition coefficient (Wildman–Crippen LogP) is 1.96. The van der Waals surface area contributed by atoms with Gasteiger partial charge in [0, 0.05) is 12.4 Å². The lowest BCUT2D eigenvalue weighted by molar-refractivity contribution is 0.102. The summed E-state index contributed by atoms with van der Waals surface area (Å²) in [5.41, 5.74) is 1.54. The van der Waals surface area contributed by atoms with Crippen molar-refractivity contribution < 1.29 is 9.53 Å². The van der Waals surface area contributed by atoms with Crippen molar-refractivity contribution in [2.75, 3.05) is 7.11 Å². The fourth-order valence-electron chi connectivity index (χ4n) is 1.52. The first-order chi connectivity index (χ1) is 7.72. The smallest absolute Gasteiger partial charge is 0.231 e. The molecule has 0 saturated carbocycles. The SMILES string of the molecule is COc1ccc(C)cc1C(=O)c1ncc[nH]1. The van der Waals surface area contributed by atoms with Gasteiger partial charge in [0.2, 0.25) is 5.78 Å². The number of rotatable bonds is 3. The molecule has 2 aromatic rings. The standard InChI is InChI=1S/C12H12N2O2/c1-8-3-4-10(16-2)9(7-8)11(15)12-13-5-6-14-12/h3-7H,1-2H3,(H,13,14). The minimum absolute atomic E-state index is 0.162. The molecule has 1 aromatic carbocycles. The van der Waals surface area contributed by atoms with Gasteiger partial charge in [0.1, 0.15) is 5.75 Å². The van der Waals surface area contributed by atoms with E-state index in [0.29, 0.717) is 17.1 Å². The van der Waals surface area contributed by atoms with Gasteiger partial charge < -0.3 is 9.72 Å². The van der Waals surface area contributed by atoms with E-state index in [2.05, 4.69) is 9.97 Å². The van der Waals surface area contributed by atoms with E-state index in [-0.39, 0.29) is 5.78 Å². The average molecular weight is 216 g/mol. The molecule has 4 heteroatoms. The quantitative estimate of drug-likeness (QED) is 0.798. The van der Waals surface area contributed by atoms with E-state index in [4.69, 9.17) is 4.74 Å². The fourth-order valence-corrected chi connectivity index (χ4v) is 1.52. The molecule has 1 aromatic heterocycles. The monoisotopic (exact) mass is 216 g/mol. The molecule has 0 bridgehead atoms. The molecule has 0 saturated heterocycles. The van der Waals surface area contributed by atoms with Crippen molar-refractivity contribution in [2.24, 2.45) is 0 Å². The molecule has 0 amide bonds. The second kappa shape index (κ2) is 4.18. The third-order valence-corrected chi connectivity index (χ3v) is 2.31. The van der Waals surface area contributed by atoms with Crippen LogP contribution in [0.5, 0.6) is 5.75 Å². The minimum atomic E-state index is -0.162. The number of H-pyrrole nitrogens is 1. The zero-order chi connectivity index (χ0) is 11.5. The van der Waals surface area contributed by atoms with Crippen molar-refractivity contribution in [1.82, 2.24) is 9.97 Å². The summed E-state index contributed by atoms with van der Waals surface area (Å²) in [7, 11) is 1.55. The van der Waals surface area contributed by atoms with Gasteiger partial charge >= 0.3 is 0 Å². The van der Waals surface area contributed by atoms with Gasteiger partial charge in [-0.2, -0.15) is 0 Å². The lowest BCUT2D eigenvalue weighted by atomic mass is 10.1. The van der Waals surface area contributed by atoms with Gasteiger partial charge in [-0.15, -0.1) is 0 Å². The van der Waals surface area contributed by atoms with Gasteiger partial charge in [-0.25, -0.2) is 4.98 Å². The third-order valence-electron chi connectivity index (χ3n) is 2.31. The Kier molecular flexibility index (Phi) is 2.72. The van der Waals surface area contributed by atoms with Gasteiger partial charge in [-0.1, -0.05) is 11.6 Å². The topological polar surface area (TPSA) is 55.0 Å². The van der Waals surface area contributed by atoms with Crippen molar-refractivity contribution in [3.8, 4) is 5.75 Å². The number of aryl methyl sites for hydroxylation is 1. The molecule has 4 nitrogen and oxygen atoms in total. The normalized spacial score (nSPS) is 10.1. The molecule has 0 radical (unpaired) electrons. The highest BCUT2D eigenvalue weighted by Crippen LogP contribution is 2.21. The van der Waals surface area contributed by atoms with Crippen LogP contribution in [0.1, 0.15) is 21.7 Å². The number of ketones is 1. The van der Waals surface area contributed by atoms with Crippen LogP contribution in [0.2, 0.25) is 0 Å². The van der Waals surface area contributed by atoms with Crippen LogP contribution in [0.3, 0.4) is 0 Å². The Morgan fingerprint density at radius 2 is 2.25 bits per heavy atom. The summed E-state index contributed by atoms with van der Waals surface area (Å²) >= 11 is 0. The maximum atomic E-state index is 12.1. The molecule has 0 aliphatic rings. The number of imidazole rings is 1. The number of aromatic amines is 1. The molecular weight excluding hydrogens is 204 g/mol. The number of carbonyl (C=O) groups is 1. The number of carbonyl (C=O) groups excluding carboxylic acids is 1. The molecule has 82 valence electrons. The molecule has 1 heterocycles. The molecule has 16 heavy (non-hydrogen) atoms. The summed E-state index contributed by atoms with van der Waals surface area (Å²) in [5.74, 6) is 0.724. The number of benzene rings is 1. The summed E-state index contributed by atoms with van der Waals surface area (Å²) in [6.45, 7) is 1.93. The number of ether oxygens (including phenoxy) is 1. The average Bonchev–Trinajstić information content (AvgIpc) is 2.81. The van der Waals surface area contributed by atoms with E-state index >= 15 is 0 Å². The number of methoxy groups -OCH3 is 1. The van der Waals surface area contributed by atoms with Crippen molar-refractivity contribution in [3.63, 3.8) is 0 Å². The molecule has 0 atom stereocenters. The van der Waals surface area contributed by atoms with Gasteiger partial charge in [0.15, 0.2) is 5.82 Å². The summed E-state index contributed by atoms with van der Waals surface area (Å²) in [4.78, 5) is 18.8. The maximum Gasteiger partial charge on any atom is 0.231 e. The van der Waals surface area contributed by atoms with Crippen LogP contribution in [-0.2, 0) is 0 Å². The van der Waals surface area contributed by atoms with E-state index in [1.54, 1.807) is 31.6 Å². The minimum Gasteiger partial charge on any atom is -0.496 e. The zero-order valence-electron chi connectivity index (χ0n) is 9.15. The number of aromatic nitrogens is 2.